The molecule has 3 heterocycles. The number of tetrazole rings is 1. The third-order valence-corrected chi connectivity index (χ3v) is 4.73. The Morgan fingerprint density at radius 2 is 2.09 bits per heavy atom. The number of hydrogen-bond donors (Lipinski definition) is 1. The van der Waals surface area contributed by atoms with Crippen LogP contribution in [0.5, 0.6) is 0 Å². The van der Waals surface area contributed by atoms with Crippen LogP contribution in [0.4, 0.5) is 28.0 Å². The highest BCUT2D eigenvalue weighted by atomic mass is 19.3. The Morgan fingerprint density at radius 1 is 1.31 bits per heavy atom. The van der Waals surface area contributed by atoms with Gasteiger partial charge in [0.15, 0.2) is 6.10 Å². The molecule has 1 fully saturated rings. The molecule has 2 unspecified atom stereocenters. The molecule has 2 atom stereocenters. The maximum Gasteiger partial charge on any atom is 0.414 e. The average Bonchev–Trinajstić information content (AvgIpc) is 3.41. The number of carbonyl (C=O) groups excluding carboxylic acids is 1. The summed E-state index contributed by atoms with van der Waals surface area (Å²) in [6, 6.07) is 6.75. The van der Waals surface area contributed by atoms with Crippen LogP contribution in [0.1, 0.15) is 0 Å². The van der Waals surface area contributed by atoms with Gasteiger partial charge in [-0.3, -0.25) is 9.88 Å². The predicted molar refractivity (Wildman–Crippen MR) is 103 cm³/mol. The average molecular weight is 450 g/mol. The first-order valence-corrected chi connectivity index (χ1v) is 9.06. The van der Waals surface area contributed by atoms with Crippen molar-refractivity contribution in [3.05, 3.63) is 48.9 Å². The lowest BCUT2D eigenvalue weighted by molar-refractivity contribution is -0.230. The standard InChI is InChI=1S/C19H14F4N6O3/c1-2-29-26-16(25-27-29)14-6-3-10(8-24-14)12-5-4-11(7-13(12)20)28-9-15(32-18(28)30)19(23,31)17(21)22/h2-8,15,17,31H,1,9H2. The molecule has 0 saturated carbocycles. The predicted octanol–water partition coefficient (Wildman–Crippen LogP) is 2.89. The maximum absolute atomic E-state index is 14.7. The summed E-state index contributed by atoms with van der Waals surface area (Å²) < 4.78 is 58.3. The molecule has 1 N–H and O–H groups in total. The van der Waals surface area contributed by atoms with Crippen molar-refractivity contribution in [1.82, 2.24) is 25.2 Å². The summed E-state index contributed by atoms with van der Waals surface area (Å²) in [6.45, 7) is 2.79. The van der Waals surface area contributed by atoms with E-state index in [-0.39, 0.29) is 17.1 Å². The van der Waals surface area contributed by atoms with Gasteiger partial charge in [0.1, 0.15) is 11.5 Å². The Kier molecular flexibility index (Phi) is 5.34. The number of hydrogen-bond acceptors (Lipinski definition) is 7. The number of ether oxygens (including phenoxy) is 1. The van der Waals surface area contributed by atoms with Crippen molar-refractivity contribution in [2.24, 2.45) is 0 Å². The molecule has 1 aromatic carbocycles. The van der Waals surface area contributed by atoms with E-state index < -0.39 is 36.8 Å². The molecule has 1 aliphatic rings. The molecule has 4 rings (SSSR count). The Bertz CT molecular complexity index is 1170. The van der Waals surface area contributed by atoms with Gasteiger partial charge in [-0.15, -0.1) is 15.0 Å². The van der Waals surface area contributed by atoms with Crippen molar-refractivity contribution in [1.29, 1.82) is 0 Å². The van der Waals surface area contributed by atoms with Crippen molar-refractivity contribution in [3.8, 4) is 22.6 Å². The fourth-order valence-corrected chi connectivity index (χ4v) is 3.02. The number of carbonyl (C=O) groups is 1. The van der Waals surface area contributed by atoms with Crippen molar-refractivity contribution in [2.45, 2.75) is 18.4 Å². The molecule has 0 aliphatic carbocycles. The zero-order valence-corrected chi connectivity index (χ0v) is 16.1. The number of benzene rings is 1. The van der Waals surface area contributed by atoms with Gasteiger partial charge in [0, 0.05) is 23.5 Å². The van der Waals surface area contributed by atoms with E-state index in [4.69, 9.17) is 0 Å². The molecule has 32 heavy (non-hydrogen) atoms. The van der Waals surface area contributed by atoms with Gasteiger partial charge in [0.05, 0.1) is 12.2 Å². The number of pyridine rings is 1. The number of halogens is 4. The zero-order valence-electron chi connectivity index (χ0n) is 16.1. The molecule has 166 valence electrons. The van der Waals surface area contributed by atoms with Crippen LogP contribution >= 0.6 is 0 Å². The fraction of sp³-hybridized carbons (Fsp3) is 0.211. The molecule has 1 amide bonds. The highest BCUT2D eigenvalue weighted by Crippen LogP contribution is 2.33. The minimum atomic E-state index is -4.03. The van der Waals surface area contributed by atoms with E-state index >= 15 is 0 Å². The van der Waals surface area contributed by atoms with Gasteiger partial charge in [-0.05, 0) is 29.5 Å². The number of anilines is 1. The smallest absolute Gasteiger partial charge is 0.414 e. The number of aliphatic hydroxyl groups is 1. The summed E-state index contributed by atoms with van der Waals surface area (Å²) in [5.74, 6) is -4.54. The summed E-state index contributed by atoms with van der Waals surface area (Å²) in [4.78, 5) is 18.0. The Hall–Kier alpha value is -3.87. The molecule has 0 bridgehead atoms. The van der Waals surface area contributed by atoms with Crippen LogP contribution in [0.15, 0.2) is 43.1 Å². The molecule has 3 aromatic rings. The van der Waals surface area contributed by atoms with E-state index in [1.54, 1.807) is 12.1 Å². The third-order valence-electron chi connectivity index (χ3n) is 4.73. The number of aromatic nitrogens is 5. The van der Waals surface area contributed by atoms with Crippen LogP contribution in [0.2, 0.25) is 0 Å². The molecule has 2 aromatic heterocycles. The largest absolute Gasteiger partial charge is 0.438 e. The molecular weight excluding hydrogens is 436 g/mol. The minimum Gasteiger partial charge on any atom is -0.438 e. The lowest BCUT2D eigenvalue weighted by atomic mass is 10.1. The molecule has 1 saturated heterocycles. The normalized spacial score (nSPS) is 18.0. The Labute approximate surface area is 177 Å². The lowest BCUT2D eigenvalue weighted by Gasteiger charge is -2.22. The number of nitrogens with zero attached hydrogens (tertiary/aromatic N) is 6. The van der Waals surface area contributed by atoms with Crippen molar-refractivity contribution >= 4 is 18.0 Å². The van der Waals surface area contributed by atoms with Crippen molar-refractivity contribution in [2.75, 3.05) is 11.4 Å². The molecule has 0 spiro atoms. The van der Waals surface area contributed by atoms with Gasteiger partial charge in [-0.1, -0.05) is 12.6 Å². The summed E-state index contributed by atoms with van der Waals surface area (Å²) in [7, 11) is 0. The quantitative estimate of drug-likeness (QED) is 0.576. The lowest BCUT2D eigenvalue weighted by Crippen LogP contribution is -2.46. The second kappa shape index (κ2) is 8.00. The van der Waals surface area contributed by atoms with Gasteiger partial charge in [-0.2, -0.15) is 0 Å². The van der Waals surface area contributed by atoms with E-state index in [1.165, 1.54) is 24.5 Å². The first-order chi connectivity index (χ1) is 15.2. The highest BCUT2D eigenvalue weighted by molar-refractivity contribution is 5.90. The first-order valence-electron chi connectivity index (χ1n) is 9.06. The summed E-state index contributed by atoms with van der Waals surface area (Å²) >= 11 is 0. The zero-order chi connectivity index (χ0) is 23.0. The molecule has 13 heteroatoms. The third kappa shape index (κ3) is 3.77. The molecule has 1 aliphatic heterocycles. The summed E-state index contributed by atoms with van der Waals surface area (Å²) in [5, 5.41) is 20.8. The van der Waals surface area contributed by atoms with E-state index in [9.17, 15) is 27.5 Å². The van der Waals surface area contributed by atoms with Gasteiger partial charge < -0.3 is 9.84 Å². The second-order valence-electron chi connectivity index (χ2n) is 6.72. The SMILES string of the molecule is C=Cn1nnc(-c2ccc(-c3ccc(N4CC(C(O)(F)C(F)F)OC4=O)cc3F)cn2)n1. The summed E-state index contributed by atoms with van der Waals surface area (Å²) in [5.41, 5.74) is 0.863. The van der Waals surface area contributed by atoms with Crippen LogP contribution in [-0.2, 0) is 4.74 Å². The minimum absolute atomic E-state index is 0.0568. The van der Waals surface area contributed by atoms with Gasteiger partial charge in [-0.25, -0.2) is 22.4 Å². The van der Waals surface area contributed by atoms with Gasteiger partial charge >= 0.3 is 11.9 Å². The first kappa shape index (κ1) is 21.4. The van der Waals surface area contributed by atoms with Crippen LogP contribution < -0.4 is 4.90 Å². The van der Waals surface area contributed by atoms with Crippen LogP contribution in [-0.4, -0.2) is 61.3 Å². The number of amides is 1. The van der Waals surface area contributed by atoms with E-state index in [0.717, 1.165) is 15.8 Å². The molecule has 9 nitrogen and oxygen atoms in total. The van der Waals surface area contributed by atoms with Gasteiger partial charge in [0.2, 0.25) is 5.82 Å². The molecule has 0 radical (unpaired) electrons. The number of cyclic esters (lactones) is 1. The Morgan fingerprint density at radius 3 is 2.69 bits per heavy atom. The Balaban J connectivity index is 1.55. The van der Waals surface area contributed by atoms with Gasteiger partial charge in [0.25, 0.3) is 6.43 Å². The van der Waals surface area contributed by atoms with Crippen molar-refractivity contribution < 1.29 is 32.2 Å². The monoisotopic (exact) mass is 450 g/mol. The summed E-state index contributed by atoms with van der Waals surface area (Å²) in [6.07, 6.45) is -4.37. The number of alkyl halides is 3. The second-order valence-corrected chi connectivity index (χ2v) is 6.72. The van der Waals surface area contributed by atoms with E-state index in [2.05, 4.69) is 31.7 Å². The molecular formula is C19H14F4N6O3. The highest BCUT2D eigenvalue weighted by Gasteiger charge is 2.53. The van der Waals surface area contributed by atoms with Crippen LogP contribution in [0.25, 0.3) is 28.8 Å². The van der Waals surface area contributed by atoms with Crippen LogP contribution in [0.3, 0.4) is 0 Å². The van der Waals surface area contributed by atoms with Crippen LogP contribution in [0, 0.1) is 5.82 Å². The fourth-order valence-electron chi connectivity index (χ4n) is 3.02. The van der Waals surface area contributed by atoms with Crippen molar-refractivity contribution in [3.63, 3.8) is 0 Å². The van der Waals surface area contributed by atoms with E-state index in [0.29, 0.717) is 11.3 Å². The maximum atomic E-state index is 14.7. The topological polar surface area (TPSA) is 106 Å². The van der Waals surface area contributed by atoms with E-state index in [1.807, 2.05) is 0 Å². The number of rotatable bonds is 6.